The summed E-state index contributed by atoms with van der Waals surface area (Å²) in [5.41, 5.74) is 5.68. The molecule has 2 N–H and O–H groups in total. The lowest BCUT2D eigenvalue weighted by Gasteiger charge is -2.03. The van der Waals surface area contributed by atoms with Gasteiger partial charge in [0.25, 0.3) is 0 Å². The fourth-order valence-corrected chi connectivity index (χ4v) is 1.90. The second-order valence-electron chi connectivity index (χ2n) is 4.57. The molecule has 3 rings (SSSR count). The van der Waals surface area contributed by atoms with E-state index in [9.17, 15) is 8.78 Å². The summed E-state index contributed by atoms with van der Waals surface area (Å²) < 4.78 is 31.3. The molecule has 0 radical (unpaired) electrons. The summed E-state index contributed by atoms with van der Waals surface area (Å²) >= 11 is 0. The molecule has 0 unspecified atom stereocenters. The van der Waals surface area contributed by atoms with Crippen LogP contribution in [-0.2, 0) is 5.41 Å². The first-order valence-electron chi connectivity index (χ1n) is 5.64. The first-order chi connectivity index (χ1) is 8.63. The monoisotopic (exact) mass is 251 g/mol. The molecule has 0 spiro atoms. The Labute approximate surface area is 102 Å². The van der Waals surface area contributed by atoms with E-state index in [-0.39, 0.29) is 16.8 Å². The lowest BCUT2D eigenvalue weighted by Crippen LogP contribution is -2.19. The highest BCUT2D eigenvalue weighted by atomic mass is 19.1. The van der Waals surface area contributed by atoms with E-state index < -0.39 is 11.6 Å². The Morgan fingerprint density at radius 1 is 1.22 bits per heavy atom. The maximum absolute atomic E-state index is 13.1. The smallest absolute Gasteiger partial charge is 0.234 e. The minimum atomic E-state index is -0.670. The molecule has 4 nitrogen and oxygen atoms in total. The summed E-state index contributed by atoms with van der Waals surface area (Å²) in [5, 5.41) is 3.75. The van der Waals surface area contributed by atoms with Gasteiger partial charge in [-0.05, 0) is 25.0 Å². The number of halogens is 2. The van der Waals surface area contributed by atoms with Crippen molar-refractivity contribution in [3.63, 3.8) is 0 Å². The third-order valence-corrected chi connectivity index (χ3v) is 3.24. The second kappa shape index (κ2) is 3.84. The van der Waals surface area contributed by atoms with E-state index in [0.717, 1.165) is 18.9 Å². The van der Waals surface area contributed by atoms with E-state index in [2.05, 4.69) is 10.1 Å². The van der Waals surface area contributed by atoms with E-state index in [1.54, 1.807) is 0 Å². The standard InChI is InChI=1S/C12H11F2N3O/c13-8-3-7(4-9(14)5-8)10-16-11(18-17-10)12(6-15)1-2-12/h3-5H,1-2,6,15H2. The predicted octanol–water partition coefficient (Wildman–Crippen LogP) is 2.01. The van der Waals surface area contributed by atoms with Gasteiger partial charge in [0.05, 0.1) is 5.41 Å². The van der Waals surface area contributed by atoms with Gasteiger partial charge in [-0.25, -0.2) is 8.78 Å². The van der Waals surface area contributed by atoms with Crippen LogP contribution in [0.15, 0.2) is 22.7 Å². The van der Waals surface area contributed by atoms with Crippen LogP contribution >= 0.6 is 0 Å². The van der Waals surface area contributed by atoms with Crippen molar-refractivity contribution < 1.29 is 13.3 Å². The summed E-state index contributed by atoms with van der Waals surface area (Å²) in [7, 11) is 0. The first-order valence-corrected chi connectivity index (χ1v) is 5.64. The quantitative estimate of drug-likeness (QED) is 0.906. The zero-order chi connectivity index (χ0) is 12.8. The number of benzene rings is 1. The molecule has 0 bridgehead atoms. The van der Waals surface area contributed by atoms with Crippen LogP contribution in [0, 0.1) is 11.6 Å². The van der Waals surface area contributed by atoms with Gasteiger partial charge < -0.3 is 10.3 Å². The molecule has 0 saturated heterocycles. The highest BCUT2D eigenvalue weighted by Crippen LogP contribution is 2.46. The topological polar surface area (TPSA) is 64.9 Å². The van der Waals surface area contributed by atoms with Crippen LogP contribution in [-0.4, -0.2) is 16.7 Å². The summed E-state index contributed by atoms with van der Waals surface area (Å²) in [5.74, 6) is -0.708. The fraction of sp³-hybridized carbons (Fsp3) is 0.333. The van der Waals surface area contributed by atoms with Gasteiger partial charge >= 0.3 is 0 Å². The van der Waals surface area contributed by atoms with Crippen LogP contribution in [0.2, 0.25) is 0 Å². The Hall–Kier alpha value is -1.82. The van der Waals surface area contributed by atoms with Gasteiger partial charge in [0.1, 0.15) is 11.6 Å². The fourth-order valence-electron chi connectivity index (χ4n) is 1.90. The largest absolute Gasteiger partial charge is 0.338 e. The van der Waals surface area contributed by atoms with Crippen LogP contribution in [0.1, 0.15) is 18.7 Å². The van der Waals surface area contributed by atoms with Gasteiger partial charge in [-0.15, -0.1) is 0 Å². The maximum Gasteiger partial charge on any atom is 0.234 e. The van der Waals surface area contributed by atoms with E-state index in [4.69, 9.17) is 10.3 Å². The van der Waals surface area contributed by atoms with Crippen LogP contribution in [0.5, 0.6) is 0 Å². The molecule has 1 saturated carbocycles. The van der Waals surface area contributed by atoms with Gasteiger partial charge in [-0.2, -0.15) is 4.98 Å². The molecule has 1 aromatic heterocycles. The van der Waals surface area contributed by atoms with Crippen LogP contribution < -0.4 is 5.73 Å². The zero-order valence-corrected chi connectivity index (χ0v) is 9.49. The molecule has 18 heavy (non-hydrogen) atoms. The van der Waals surface area contributed by atoms with Gasteiger partial charge in [0, 0.05) is 18.2 Å². The average molecular weight is 251 g/mol. The molecule has 1 aliphatic rings. The molecule has 1 fully saturated rings. The van der Waals surface area contributed by atoms with Crippen LogP contribution in [0.3, 0.4) is 0 Å². The molecule has 0 aliphatic heterocycles. The van der Waals surface area contributed by atoms with E-state index >= 15 is 0 Å². The van der Waals surface area contributed by atoms with Crippen molar-refractivity contribution in [2.45, 2.75) is 18.3 Å². The molecular formula is C12H11F2N3O. The highest BCUT2D eigenvalue weighted by molar-refractivity contribution is 5.54. The molecule has 0 atom stereocenters. The van der Waals surface area contributed by atoms with Crippen molar-refractivity contribution in [2.75, 3.05) is 6.54 Å². The number of hydrogen-bond acceptors (Lipinski definition) is 4. The summed E-state index contributed by atoms with van der Waals surface area (Å²) in [6.45, 7) is 0.437. The van der Waals surface area contributed by atoms with Crippen LogP contribution in [0.25, 0.3) is 11.4 Å². The van der Waals surface area contributed by atoms with Gasteiger partial charge in [-0.3, -0.25) is 0 Å². The zero-order valence-electron chi connectivity index (χ0n) is 9.49. The summed E-state index contributed by atoms with van der Waals surface area (Å²) in [6, 6.07) is 3.13. The van der Waals surface area contributed by atoms with Crippen molar-refractivity contribution in [2.24, 2.45) is 5.73 Å². The van der Waals surface area contributed by atoms with Crippen molar-refractivity contribution in [1.82, 2.24) is 10.1 Å². The maximum atomic E-state index is 13.1. The normalized spacial score (nSPS) is 16.8. The minimum Gasteiger partial charge on any atom is -0.338 e. The van der Waals surface area contributed by atoms with Gasteiger partial charge in [0.2, 0.25) is 11.7 Å². The third-order valence-electron chi connectivity index (χ3n) is 3.24. The van der Waals surface area contributed by atoms with Gasteiger partial charge in [0.15, 0.2) is 0 Å². The van der Waals surface area contributed by atoms with E-state index in [0.29, 0.717) is 12.4 Å². The molecule has 1 aromatic carbocycles. The van der Waals surface area contributed by atoms with Crippen molar-refractivity contribution in [3.8, 4) is 11.4 Å². The second-order valence-corrected chi connectivity index (χ2v) is 4.57. The van der Waals surface area contributed by atoms with Crippen molar-refractivity contribution in [1.29, 1.82) is 0 Å². The molecular weight excluding hydrogens is 240 g/mol. The van der Waals surface area contributed by atoms with Crippen molar-refractivity contribution >= 4 is 0 Å². The molecule has 0 amide bonds. The molecule has 1 heterocycles. The molecule has 1 aliphatic carbocycles. The Bertz CT molecular complexity index is 573. The Balaban J connectivity index is 1.98. The summed E-state index contributed by atoms with van der Waals surface area (Å²) in [4.78, 5) is 4.18. The number of rotatable bonds is 3. The number of nitrogens with two attached hydrogens (primary N) is 1. The Morgan fingerprint density at radius 2 is 1.89 bits per heavy atom. The number of hydrogen-bond donors (Lipinski definition) is 1. The lowest BCUT2D eigenvalue weighted by molar-refractivity contribution is 0.347. The third kappa shape index (κ3) is 1.78. The lowest BCUT2D eigenvalue weighted by atomic mass is 10.1. The molecule has 2 aromatic rings. The van der Waals surface area contributed by atoms with Crippen LogP contribution in [0.4, 0.5) is 8.78 Å². The van der Waals surface area contributed by atoms with E-state index in [1.165, 1.54) is 12.1 Å². The molecule has 94 valence electrons. The first kappa shape index (κ1) is 11.3. The number of nitrogens with zero attached hydrogens (tertiary/aromatic N) is 2. The Kier molecular flexibility index (Phi) is 2.41. The summed E-state index contributed by atoms with van der Waals surface area (Å²) in [6.07, 6.45) is 1.81. The molecule has 6 heteroatoms. The highest BCUT2D eigenvalue weighted by Gasteiger charge is 2.48. The van der Waals surface area contributed by atoms with Crippen molar-refractivity contribution in [3.05, 3.63) is 35.7 Å². The van der Waals surface area contributed by atoms with E-state index in [1.807, 2.05) is 0 Å². The average Bonchev–Trinajstić information content (AvgIpc) is 2.97. The SMILES string of the molecule is NCC1(c2nc(-c3cc(F)cc(F)c3)no2)CC1. The minimum absolute atomic E-state index is 0.183. The van der Waals surface area contributed by atoms with Gasteiger partial charge in [-0.1, -0.05) is 5.16 Å². The Morgan fingerprint density at radius 3 is 2.44 bits per heavy atom. The predicted molar refractivity (Wildman–Crippen MR) is 59.6 cm³/mol. The number of aromatic nitrogens is 2.